The molecule has 1 N–H and O–H groups in total. The van der Waals surface area contributed by atoms with Crippen LogP contribution in [0.25, 0.3) is 0 Å². The number of nitrogens with one attached hydrogen (secondary N) is 1. The van der Waals surface area contributed by atoms with Gasteiger partial charge in [0.1, 0.15) is 0 Å². The summed E-state index contributed by atoms with van der Waals surface area (Å²) in [5.41, 5.74) is 3.75. The Bertz CT molecular complexity index is 571. The zero-order valence-electron chi connectivity index (χ0n) is 13.0. The van der Waals surface area contributed by atoms with Gasteiger partial charge < -0.3 is 4.90 Å². The van der Waals surface area contributed by atoms with E-state index in [9.17, 15) is 0 Å². The maximum Gasteiger partial charge on any atom is 0.0668 e. The predicted molar refractivity (Wildman–Crippen MR) is 83.3 cm³/mol. The topological polar surface area (TPSA) is 49.7 Å². The Morgan fingerprint density at radius 1 is 1.43 bits per heavy atom. The zero-order valence-corrected chi connectivity index (χ0v) is 13.0. The van der Waals surface area contributed by atoms with Gasteiger partial charge in [0.25, 0.3) is 0 Å². The minimum atomic E-state index is 0.599. The average Bonchev–Trinajstić information content (AvgIpc) is 3.08. The number of aromatic nitrogens is 4. The summed E-state index contributed by atoms with van der Waals surface area (Å²) < 4.78 is 1.88. The average molecular weight is 287 g/mol. The molecule has 0 amide bonds. The fourth-order valence-electron chi connectivity index (χ4n) is 3.26. The minimum Gasteiger partial charge on any atom is -0.303 e. The van der Waals surface area contributed by atoms with Crippen molar-refractivity contribution in [1.29, 1.82) is 0 Å². The van der Waals surface area contributed by atoms with Crippen LogP contribution in [0.3, 0.4) is 0 Å². The van der Waals surface area contributed by atoms with Crippen molar-refractivity contribution in [3.63, 3.8) is 0 Å². The van der Waals surface area contributed by atoms with E-state index in [0.29, 0.717) is 5.92 Å². The van der Waals surface area contributed by atoms with Crippen molar-refractivity contribution < 1.29 is 0 Å². The smallest absolute Gasteiger partial charge is 0.0668 e. The Balaban J connectivity index is 1.47. The Hall–Kier alpha value is -1.62. The Labute approximate surface area is 126 Å². The SMILES string of the molecule is Cc1cc([C@@H]2CCCN(CCCc3cnn(C)c3)C2)n[nH]1. The fraction of sp³-hybridized carbons (Fsp3) is 0.625. The summed E-state index contributed by atoms with van der Waals surface area (Å²) in [5, 5.41) is 11.7. The fourth-order valence-corrected chi connectivity index (χ4v) is 3.26. The Morgan fingerprint density at radius 3 is 3.05 bits per heavy atom. The third kappa shape index (κ3) is 3.73. The van der Waals surface area contributed by atoms with E-state index in [1.165, 1.54) is 49.3 Å². The number of likely N-dealkylation sites (tertiary alicyclic amines) is 1. The van der Waals surface area contributed by atoms with E-state index in [1.54, 1.807) is 0 Å². The van der Waals surface area contributed by atoms with Crippen molar-refractivity contribution in [2.45, 2.75) is 38.5 Å². The third-order valence-corrected chi connectivity index (χ3v) is 4.35. The van der Waals surface area contributed by atoms with Gasteiger partial charge in [-0.15, -0.1) is 0 Å². The lowest BCUT2D eigenvalue weighted by Crippen LogP contribution is -2.35. The summed E-state index contributed by atoms with van der Waals surface area (Å²) in [6.45, 7) is 5.63. The van der Waals surface area contributed by atoms with Gasteiger partial charge >= 0.3 is 0 Å². The van der Waals surface area contributed by atoms with Gasteiger partial charge in [-0.05, 0) is 57.3 Å². The summed E-state index contributed by atoms with van der Waals surface area (Å²) in [6.07, 6.45) is 8.97. The summed E-state index contributed by atoms with van der Waals surface area (Å²) in [5.74, 6) is 0.599. The van der Waals surface area contributed by atoms with Crippen LogP contribution in [0.2, 0.25) is 0 Å². The lowest BCUT2D eigenvalue weighted by Gasteiger charge is -2.31. The first-order valence-electron chi connectivity index (χ1n) is 7.92. The molecule has 5 heteroatoms. The van der Waals surface area contributed by atoms with Crippen molar-refractivity contribution >= 4 is 0 Å². The van der Waals surface area contributed by atoms with Gasteiger partial charge in [-0.1, -0.05) is 0 Å². The van der Waals surface area contributed by atoms with Crippen LogP contribution < -0.4 is 0 Å². The first-order valence-corrected chi connectivity index (χ1v) is 7.92. The van der Waals surface area contributed by atoms with Crippen LogP contribution in [0.15, 0.2) is 18.5 Å². The number of rotatable bonds is 5. The molecule has 0 spiro atoms. The highest BCUT2D eigenvalue weighted by molar-refractivity contribution is 5.13. The van der Waals surface area contributed by atoms with Gasteiger partial charge in [-0.2, -0.15) is 10.2 Å². The molecule has 2 aromatic rings. The largest absolute Gasteiger partial charge is 0.303 e. The molecular weight excluding hydrogens is 262 g/mol. The first kappa shape index (κ1) is 14.3. The van der Waals surface area contributed by atoms with E-state index >= 15 is 0 Å². The van der Waals surface area contributed by atoms with Crippen molar-refractivity contribution in [2.24, 2.45) is 7.05 Å². The predicted octanol–water partition coefficient (Wildman–Crippen LogP) is 2.26. The van der Waals surface area contributed by atoms with E-state index in [4.69, 9.17) is 0 Å². The van der Waals surface area contributed by atoms with Crippen LogP contribution in [-0.2, 0) is 13.5 Å². The summed E-state index contributed by atoms with van der Waals surface area (Å²) in [7, 11) is 1.98. The normalized spacial score (nSPS) is 20.0. The molecule has 1 aliphatic rings. The molecule has 3 heterocycles. The van der Waals surface area contributed by atoms with E-state index in [2.05, 4.69) is 39.4 Å². The molecule has 0 bridgehead atoms. The molecule has 0 aromatic carbocycles. The van der Waals surface area contributed by atoms with Gasteiger partial charge in [-0.25, -0.2) is 0 Å². The number of aromatic amines is 1. The van der Waals surface area contributed by atoms with E-state index in [1.807, 2.05) is 17.9 Å². The zero-order chi connectivity index (χ0) is 14.7. The van der Waals surface area contributed by atoms with Crippen LogP contribution in [0.1, 0.15) is 42.1 Å². The Morgan fingerprint density at radius 2 is 2.33 bits per heavy atom. The minimum absolute atomic E-state index is 0.599. The number of aryl methyl sites for hydroxylation is 3. The molecule has 1 saturated heterocycles. The number of nitrogens with zero attached hydrogens (tertiary/aromatic N) is 4. The lowest BCUT2D eigenvalue weighted by atomic mass is 9.94. The summed E-state index contributed by atoms with van der Waals surface area (Å²) in [4.78, 5) is 2.59. The van der Waals surface area contributed by atoms with Gasteiger partial charge in [-0.3, -0.25) is 9.78 Å². The number of H-pyrrole nitrogens is 1. The lowest BCUT2D eigenvalue weighted by molar-refractivity contribution is 0.204. The van der Waals surface area contributed by atoms with E-state index in [0.717, 1.165) is 13.0 Å². The van der Waals surface area contributed by atoms with Gasteiger partial charge in [0.2, 0.25) is 0 Å². The van der Waals surface area contributed by atoms with Crippen molar-refractivity contribution in [3.8, 4) is 0 Å². The molecule has 3 rings (SSSR count). The van der Waals surface area contributed by atoms with Crippen LogP contribution >= 0.6 is 0 Å². The molecular formula is C16H25N5. The molecule has 1 atom stereocenters. The van der Waals surface area contributed by atoms with Crippen molar-refractivity contribution in [1.82, 2.24) is 24.9 Å². The molecule has 114 valence electrons. The molecule has 0 saturated carbocycles. The number of hydrogen-bond acceptors (Lipinski definition) is 3. The standard InChI is InChI=1S/C16H25N5/c1-13-9-16(19-18-13)15-6-4-8-21(12-15)7-3-5-14-10-17-20(2)11-14/h9-11,15H,3-8,12H2,1-2H3,(H,18,19)/t15-/m1/s1. The molecule has 0 unspecified atom stereocenters. The van der Waals surface area contributed by atoms with Crippen molar-refractivity contribution in [3.05, 3.63) is 35.4 Å². The Kier molecular flexibility index (Phi) is 4.39. The van der Waals surface area contributed by atoms with Crippen molar-refractivity contribution in [2.75, 3.05) is 19.6 Å². The van der Waals surface area contributed by atoms with E-state index in [-0.39, 0.29) is 0 Å². The van der Waals surface area contributed by atoms with Crippen LogP contribution in [-0.4, -0.2) is 44.5 Å². The highest BCUT2D eigenvalue weighted by Crippen LogP contribution is 2.26. The highest BCUT2D eigenvalue weighted by Gasteiger charge is 2.22. The molecule has 0 radical (unpaired) electrons. The maximum atomic E-state index is 4.44. The van der Waals surface area contributed by atoms with Gasteiger partial charge in [0.05, 0.1) is 11.9 Å². The molecule has 2 aromatic heterocycles. The second kappa shape index (κ2) is 6.43. The molecule has 21 heavy (non-hydrogen) atoms. The third-order valence-electron chi connectivity index (χ3n) is 4.35. The molecule has 0 aliphatic carbocycles. The maximum absolute atomic E-state index is 4.44. The summed E-state index contributed by atoms with van der Waals surface area (Å²) in [6, 6.07) is 2.20. The van der Waals surface area contributed by atoms with Gasteiger partial charge in [0, 0.05) is 31.4 Å². The van der Waals surface area contributed by atoms with Crippen LogP contribution in [0.4, 0.5) is 0 Å². The number of piperidine rings is 1. The van der Waals surface area contributed by atoms with E-state index < -0.39 is 0 Å². The molecule has 1 fully saturated rings. The summed E-state index contributed by atoms with van der Waals surface area (Å²) >= 11 is 0. The van der Waals surface area contributed by atoms with Gasteiger partial charge in [0.15, 0.2) is 0 Å². The quantitative estimate of drug-likeness (QED) is 0.917. The molecule has 1 aliphatic heterocycles. The monoisotopic (exact) mass is 287 g/mol. The second-order valence-corrected chi connectivity index (χ2v) is 6.24. The second-order valence-electron chi connectivity index (χ2n) is 6.24. The molecule has 5 nitrogen and oxygen atoms in total. The highest BCUT2D eigenvalue weighted by atomic mass is 15.2. The van der Waals surface area contributed by atoms with Crippen LogP contribution in [0, 0.1) is 6.92 Å². The van der Waals surface area contributed by atoms with Crippen LogP contribution in [0.5, 0.6) is 0 Å². The first-order chi connectivity index (χ1) is 10.2. The number of hydrogen-bond donors (Lipinski definition) is 1.